The first kappa shape index (κ1) is 19.9. The number of fused-ring (bicyclic) bond motifs is 1. The van der Waals surface area contributed by atoms with Crippen LogP contribution in [0, 0.1) is 11.8 Å². The van der Waals surface area contributed by atoms with Gasteiger partial charge in [0.2, 0.25) is 5.78 Å². The van der Waals surface area contributed by atoms with Crippen molar-refractivity contribution in [1.82, 2.24) is 0 Å². The maximum Gasteiger partial charge on any atom is 0.203 e. The van der Waals surface area contributed by atoms with Crippen LogP contribution in [-0.4, -0.2) is 19.9 Å². The molecule has 0 saturated carbocycles. The molecule has 3 aromatic carbocycles. The van der Waals surface area contributed by atoms with Crippen molar-refractivity contribution in [3.63, 3.8) is 0 Å². The third-order valence-corrected chi connectivity index (χ3v) is 5.79. The fourth-order valence-corrected chi connectivity index (χ4v) is 4.16. The second kappa shape index (κ2) is 8.94. The van der Waals surface area contributed by atoms with Gasteiger partial charge >= 0.3 is 0 Å². The van der Waals surface area contributed by atoms with Gasteiger partial charge in [-0.3, -0.25) is 4.79 Å². The summed E-state index contributed by atoms with van der Waals surface area (Å²) in [5.41, 5.74) is 4.59. The summed E-state index contributed by atoms with van der Waals surface area (Å²) in [5, 5.41) is 0. The molecule has 4 rings (SSSR count). The van der Waals surface area contributed by atoms with Crippen molar-refractivity contribution < 1.29 is 9.53 Å². The average Bonchev–Trinajstić information content (AvgIpc) is 2.78. The first-order valence-electron chi connectivity index (χ1n) is 9.63. The fourth-order valence-electron chi connectivity index (χ4n) is 3.23. The number of nitrogens with zero attached hydrogens (tertiary/aromatic N) is 1. The molecule has 0 unspecified atom stereocenters. The van der Waals surface area contributed by atoms with Crippen LogP contribution in [-0.2, 0) is 6.42 Å². The van der Waals surface area contributed by atoms with Gasteiger partial charge in [-0.2, -0.15) is 0 Å². The SMILES string of the molecule is COc1ccc(CC#Cc2ccc3c(c2)C(=O)/C(=C/c2ccccc2)SN3C)cc1. The van der Waals surface area contributed by atoms with Crippen LogP contribution in [0.4, 0.5) is 5.69 Å². The minimum Gasteiger partial charge on any atom is -0.497 e. The van der Waals surface area contributed by atoms with Crippen LogP contribution in [0.3, 0.4) is 0 Å². The van der Waals surface area contributed by atoms with E-state index in [0.29, 0.717) is 16.9 Å². The lowest BCUT2D eigenvalue weighted by molar-refractivity contribution is 0.104. The van der Waals surface area contributed by atoms with Gasteiger partial charge in [-0.15, -0.1) is 0 Å². The van der Waals surface area contributed by atoms with Crippen molar-refractivity contribution in [1.29, 1.82) is 0 Å². The minimum absolute atomic E-state index is 0.0377. The van der Waals surface area contributed by atoms with Crippen molar-refractivity contribution in [3.05, 3.63) is 100.0 Å². The summed E-state index contributed by atoms with van der Waals surface area (Å²) in [7, 11) is 3.63. The Bertz CT molecular complexity index is 1160. The van der Waals surface area contributed by atoms with E-state index >= 15 is 0 Å². The summed E-state index contributed by atoms with van der Waals surface area (Å²) >= 11 is 1.45. The average molecular weight is 412 g/mol. The Hall–Kier alpha value is -3.42. The summed E-state index contributed by atoms with van der Waals surface area (Å²) in [6.45, 7) is 0. The highest BCUT2D eigenvalue weighted by Gasteiger charge is 2.26. The summed E-state index contributed by atoms with van der Waals surface area (Å²) < 4.78 is 7.21. The maximum atomic E-state index is 13.1. The largest absolute Gasteiger partial charge is 0.497 e. The van der Waals surface area contributed by atoms with E-state index in [1.54, 1.807) is 7.11 Å². The number of carbonyl (C=O) groups is 1. The number of Topliss-reactive ketones (excluding diaryl/α,β-unsaturated/α-hetero) is 1. The number of hydrogen-bond acceptors (Lipinski definition) is 4. The van der Waals surface area contributed by atoms with E-state index in [4.69, 9.17) is 4.74 Å². The van der Waals surface area contributed by atoms with Crippen molar-refractivity contribution in [2.75, 3.05) is 18.5 Å². The zero-order chi connectivity index (χ0) is 20.9. The number of methoxy groups -OCH3 is 1. The zero-order valence-corrected chi connectivity index (χ0v) is 17.7. The molecule has 3 nitrogen and oxygen atoms in total. The van der Waals surface area contributed by atoms with Gasteiger partial charge in [-0.25, -0.2) is 0 Å². The topological polar surface area (TPSA) is 29.5 Å². The zero-order valence-electron chi connectivity index (χ0n) is 16.9. The van der Waals surface area contributed by atoms with Gasteiger partial charge in [0.05, 0.1) is 17.7 Å². The van der Waals surface area contributed by atoms with Gasteiger partial charge in [-0.05, 0) is 59.5 Å². The molecule has 1 aliphatic rings. The molecule has 0 amide bonds. The van der Waals surface area contributed by atoms with Crippen LogP contribution in [0.1, 0.15) is 27.0 Å². The predicted octanol–water partition coefficient (Wildman–Crippen LogP) is 5.61. The second-order valence-electron chi connectivity index (χ2n) is 6.90. The molecule has 148 valence electrons. The third-order valence-electron chi connectivity index (χ3n) is 4.82. The standard InChI is InChI=1S/C26H21NO2S/c1-27-24-16-13-21(10-6-9-19-11-14-22(29-2)15-12-19)17-23(24)26(28)25(30-27)18-20-7-4-3-5-8-20/h3-5,7-8,11-18H,9H2,1-2H3/b25-18-. The molecule has 4 heteroatoms. The Morgan fingerprint density at radius 2 is 1.80 bits per heavy atom. The molecule has 1 aliphatic heterocycles. The molecule has 3 aromatic rings. The van der Waals surface area contributed by atoms with Gasteiger partial charge < -0.3 is 9.04 Å². The molecular formula is C26H21NO2S. The maximum absolute atomic E-state index is 13.1. The molecule has 0 aliphatic carbocycles. The highest BCUT2D eigenvalue weighted by Crippen LogP contribution is 2.39. The first-order chi connectivity index (χ1) is 14.6. The van der Waals surface area contributed by atoms with E-state index in [1.807, 2.05) is 90.2 Å². The Morgan fingerprint density at radius 3 is 2.53 bits per heavy atom. The smallest absolute Gasteiger partial charge is 0.203 e. The van der Waals surface area contributed by atoms with Crippen LogP contribution < -0.4 is 9.04 Å². The van der Waals surface area contributed by atoms with Crippen molar-refractivity contribution in [3.8, 4) is 17.6 Å². The predicted molar refractivity (Wildman–Crippen MR) is 125 cm³/mol. The van der Waals surface area contributed by atoms with Crippen LogP contribution in [0.15, 0.2) is 77.7 Å². The number of carbonyl (C=O) groups excluding carboxylic acids is 1. The van der Waals surface area contributed by atoms with Gasteiger partial charge in [0, 0.05) is 24.6 Å². The Labute approximate surface area is 181 Å². The van der Waals surface area contributed by atoms with Gasteiger partial charge in [0.1, 0.15) is 5.75 Å². The van der Waals surface area contributed by atoms with Crippen molar-refractivity contribution in [2.45, 2.75) is 6.42 Å². The molecule has 0 aromatic heterocycles. The molecule has 0 bridgehead atoms. The summed E-state index contributed by atoms with van der Waals surface area (Å²) in [5.74, 6) is 7.27. The number of hydrogen-bond donors (Lipinski definition) is 0. The number of ether oxygens (including phenoxy) is 1. The summed E-state index contributed by atoms with van der Waals surface area (Å²) in [6.07, 6.45) is 2.58. The van der Waals surface area contributed by atoms with Gasteiger partial charge in [0.25, 0.3) is 0 Å². The van der Waals surface area contributed by atoms with Crippen molar-refractivity contribution in [2.24, 2.45) is 0 Å². The molecule has 0 fully saturated rings. The van der Waals surface area contributed by atoms with Crippen LogP contribution in [0.5, 0.6) is 5.75 Å². The monoisotopic (exact) mass is 411 g/mol. The van der Waals surface area contributed by atoms with E-state index in [9.17, 15) is 4.79 Å². The van der Waals surface area contributed by atoms with Gasteiger partial charge in [-0.1, -0.05) is 54.3 Å². The first-order valence-corrected chi connectivity index (χ1v) is 10.4. The number of anilines is 1. The number of benzene rings is 3. The minimum atomic E-state index is 0.0377. The van der Waals surface area contributed by atoms with E-state index in [1.165, 1.54) is 11.9 Å². The van der Waals surface area contributed by atoms with Crippen LogP contribution >= 0.6 is 11.9 Å². The lowest BCUT2D eigenvalue weighted by Gasteiger charge is -2.27. The molecule has 1 heterocycles. The third kappa shape index (κ3) is 4.42. The molecule has 0 spiro atoms. The fraction of sp³-hybridized carbons (Fsp3) is 0.115. The van der Waals surface area contributed by atoms with E-state index in [0.717, 1.165) is 28.1 Å². The molecule has 0 radical (unpaired) electrons. The quantitative estimate of drug-likeness (QED) is 0.318. The number of allylic oxidation sites excluding steroid dienone is 1. The molecule has 0 saturated heterocycles. The summed E-state index contributed by atoms with van der Waals surface area (Å²) in [6, 6.07) is 23.6. The van der Waals surface area contributed by atoms with E-state index < -0.39 is 0 Å². The lowest BCUT2D eigenvalue weighted by Crippen LogP contribution is -2.20. The highest BCUT2D eigenvalue weighted by atomic mass is 32.2. The Morgan fingerprint density at radius 1 is 1.03 bits per heavy atom. The summed E-state index contributed by atoms with van der Waals surface area (Å²) in [4.78, 5) is 13.8. The molecule has 0 atom stereocenters. The Balaban J connectivity index is 1.57. The van der Waals surface area contributed by atoms with Gasteiger partial charge in [0.15, 0.2) is 0 Å². The number of ketones is 1. The second-order valence-corrected chi connectivity index (χ2v) is 8.07. The highest BCUT2D eigenvalue weighted by molar-refractivity contribution is 8.05. The van der Waals surface area contributed by atoms with E-state index in [2.05, 4.69) is 11.8 Å². The van der Waals surface area contributed by atoms with Crippen LogP contribution in [0.2, 0.25) is 0 Å². The normalized spacial score (nSPS) is 14.1. The van der Waals surface area contributed by atoms with Crippen molar-refractivity contribution >= 4 is 29.5 Å². The number of rotatable bonds is 3. The molecule has 0 N–H and O–H groups in total. The lowest BCUT2D eigenvalue weighted by atomic mass is 10.0. The van der Waals surface area contributed by atoms with E-state index in [-0.39, 0.29) is 5.78 Å². The van der Waals surface area contributed by atoms with Crippen LogP contribution in [0.25, 0.3) is 6.08 Å². The molecular weight excluding hydrogens is 390 g/mol. The Kier molecular flexibility index (Phi) is 5.92. The molecule has 30 heavy (non-hydrogen) atoms.